The van der Waals surface area contributed by atoms with E-state index in [0.717, 1.165) is 0 Å². The number of carbonyl (C=O) groups excluding carboxylic acids is 3. The Kier molecular flexibility index (Phi) is 4.82. The summed E-state index contributed by atoms with van der Waals surface area (Å²) in [6.45, 7) is 13.0. The summed E-state index contributed by atoms with van der Waals surface area (Å²) in [7, 11) is 0. The van der Waals surface area contributed by atoms with Gasteiger partial charge in [0.2, 0.25) is 0 Å². The molecule has 1 unspecified atom stereocenters. The molecule has 9 bridgehead atoms. The molecule has 0 radical (unpaired) electrons. The third kappa shape index (κ3) is 2.32. The van der Waals surface area contributed by atoms with Crippen LogP contribution < -0.4 is 0 Å². The van der Waals surface area contributed by atoms with Crippen molar-refractivity contribution in [1.29, 1.82) is 0 Å². The molecule has 39 heavy (non-hydrogen) atoms. The van der Waals surface area contributed by atoms with Crippen LogP contribution in [-0.4, -0.2) is 92.4 Å². The van der Waals surface area contributed by atoms with Gasteiger partial charge in [0.15, 0.2) is 5.60 Å². The molecule has 9 fully saturated rings. The molecular weight excluding hydrogens is 506 g/mol. The molecule has 0 aromatic heterocycles. The van der Waals surface area contributed by atoms with E-state index >= 15 is 0 Å². The van der Waals surface area contributed by atoms with E-state index < -0.39 is 81.7 Å². The molecule has 3 saturated heterocycles. The number of hydrogen-bond acceptors (Lipinski definition) is 10. The zero-order valence-electron chi connectivity index (χ0n) is 23.2. The molecule has 214 valence electrons. The van der Waals surface area contributed by atoms with E-state index in [4.69, 9.17) is 14.2 Å². The van der Waals surface area contributed by atoms with E-state index in [1.54, 1.807) is 6.92 Å². The maximum absolute atomic E-state index is 13.2. The molecule has 0 aromatic carbocycles. The monoisotopic (exact) mass is 545 g/mol. The summed E-state index contributed by atoms with van der Waals surface area (Å²) < 4.78 is 18.5. The van der Waals surface area contributed by atoms with Gasteiger partial charge < -0.3 is 29.5 Å². The van der Waals surface area contributed by atoms with Crippen LogP contribution in [-0.2, 0) is 28.6 Å². The molecule has 0 aromatic rings. The fraction of sp³-hybridized carbons (Fsp3) is 0.828. The van der Waals surface area contributed by atoms with Crippen molar-refractivity contribution in [1.82, 2.24) is 4.90 Å². The van der Waals surface area contributed by atoms with Crippen LogP contribution in [0.25, 0.3) is 0 Å². The topological polar surface area (TPSA) is 143 Å². The summed E-state index contributed by atoms with van der Waals surface area (Å²) in [5.74, 6) is -2.96. The van der Waals surface area contributed by atoms with Crippen LogP contribution in [0.5, 0.6) is 0 Å². The predicted octanol–water partition coefficient (Wildman–Crippen LogP) is 0.703. The number of rotatable bonds is 5. The van der Waals surface area contributed by atoms with Gasteiger partial charge in [-0.2, -0.15) is 0 Å². The van der Waals surface area contributed by atoms with Crippen molar-refractivity contribution >= 4 is 17.9 Å². The maximum atomic E-state index is 13.2. The molecule has 2 spiro atoms. The number of ether oxygens (including phenoxy) is 3. The lowest BCUT2D eigenvalue weighted by Crippen LogP contribution is -2.83. The molecule has 0 amide bonds. The van der Waals surface area contributed by atoms with Gasteiger partial charge >= 0.3 is 17.9 Å². The van der Waals surface area contributed by atoms with Gasteiger partial charge in [-0.1, -0.05) is 32.9 Å². The maximum Gasteiger partial charge on any atom is 0.309 e. The van der Waals surface area contributed by atoms with Crippen molar-refractivity contribution in [2.45, 2.75) is 108 Å². The molecule has 10 nitrogen and oxygen atoms in total. The van der Waals surface area contributed by atoms with Gasteiger partial charge in [0.1, 0.15) is 23.9 Å². The molecule has 3 aliphatic heterocycles. The number of aliphatic hydroxyl groups is 3. The molecule has 3 N–H and O–H groups in total. The largest absolute Gasteiger partial charge is 0.458 e. The summed E-state index contributed by atoms with van der Waals surface area (Å²) in [6.07, 6.45) is -2.79. The standard InChI is InChI=1S/C29H39NO9/c1-7-12(2)23(35)38-17-10-27-19-16-9-26-8-13(3)18(21(34)29(26,27)39-15(5)32)20(33)28(26,36)24(27)30(16)11-25(19,6)22(17)37-14(4)31/h12,16-22,24,33-34,36H,3,7-11H2,1-2,4-6H3/t12-,16+,17-,18+,19-,20-,21-,22-,24+,25+,26+,27-,28+,29+/m1/s1. The highest BCUT2D eigenvalue weighted by Gasteiger charge is 3.02. The van der Waals surface area contributed by atoms with Gasteiger partial charge in [0.25, 0.3) is 0 Å². The van der Waals surface area contributed by atoms with Crippen LogP contribution >= 0.6 is 0 Å². The second kappa shape index (κ2) is 7.24. The lowest BCUT2D eigenvalue weighted by molar-refractivity contribution is -0.347. The molecule has 10 heteroatoms. The third-order valence-corrected chi connectivity index (χ3v) is 12.5. The number of esters is 3. The Hall–Kier alpha value is -2.01. The highest BCUT2D eigenvalue weighted by molar-refractivity contribution is 5.73. The van der Waals surface area contributed by atoms with Crippen molar-refractivity contribution < 1.29 is 43.9 Å². The number of carbonyl (C=O) groups is 3. The quantitative estimate of drug-likeness (QED) is 0.257. The highest BCUT2D eigenvalue weighted by Crippen LogP contribution is 2.90. The number of fused-ring (bicyclic) bond motifs is 1. The summed E-state index contributed by atoms with van der Waals surface area (Å²) in [5, 5.41) is 36.7. The van der Waals surface area contributed by atoms with Gasteiger partial charge in [0, 0.05) is 43.2 Å². The zero-order valence-corrected chi connectivity index (χ0v) is 23.2. The lowest BCUT2D eigenvalue weighted by atomic mass is 9.36. The Bertz CT molecular complexity index is 1220. The Morgan fingerprint density at radius 2 is 1.82 bits per heavy atom. The van der Waals surface area contributed by atoms with Crippen LogP contribution in [0, 0.1) is 34.0 Å². The van der Waals surface area contributed by atoms with Crippen LogP contribution in [0.4, 0.5) is 0 Å². The third-order valence-electron chi connectivity index (χ3n) is 12.5. The Morgan fingerprint density at radius 3 is 2.44 bits per heavy atom. The van der Waals surface area contributed by atoms with E-state index in [2.05, 4.69) is 11.5 Å². The van der Waals surface area contributed by atoms with E-state index in [0.29, 0.717) is 31.4 Å². The predicted molar refractivity (Wildman–Crippen MR) is 134 cm³/mol. The average Bonchev–Trinajstić information content (AvgIpc) is 3.27. The van der Waals surface area contributed by atoms with E-state index in [1.807, 2.05) is 13.8 Å². The minimum atomic E-state index is -1.67. The molecule has 6 saturated carbocycles. The SMILES string of the molecule is C=C1C[C@]23C[C@H]4[C@@H]5[C@]6(C)CN4[C@@H]4[C@@]2(O)[C@H](O)[C@H]1[C@@H](O)[C@@]3(OC(C)=O)[C@]54C[C@@H](OC(=O)[C@H](C)CC)[C@H]6OC(C)=O. The van der Waals surface area contributed by atoms with Gasteiger partial charge in [-0.3, -0.25) is 19.3 Å². The number of hydrogen-bond donors (Lipinski definition) is 3. The molecule has 15 atom stereocenters. The normalized spacial score (nSPS) is 57.4. The van der Waals surface area contributed by atoms with Gasteiger partial charge in [0.05, 0.1) is 23.5 Å². The Balaban J connectivity index is 1.48. The first kappa shape index (κ1) is 25.9. The van der Waals surface area contributed by atoms with Crippen molar-refractivity contribution in [2.24, 2.45) is 34.0 Å². The Labute approximate surface area is 227 Å². The number of piperidine rings is 2. The highest BCUT2D eigenvalue weighted by atomic mass is 16.6. The Morgan fingerprint density at radius 1 is 1.13 bits per heavy atom. The average molecular weight is 546 g/mol. The zero-order chi connectivity index (χ0) is 28.2. The summed E-state index contributed by atoms with van der Waals surface area (Å²) in [5.41, 5.74) is -5.45. The molecule has 6 aliphatic carbocycles. The lowest BCUT2D eigenvalue weighted by Gasteiger charge is -2.72. The first-order chi connectivity index (χ1) is 18.2. The molecule has 9 rings (SSSR count). The molecule has 9 aliphatic rings. The van der Waals surface area contributed by atoms with Crippen LogP contribution in [0.2, 0.25) is 0 Å². The second-order valence-electron chi connectivity index (χ2n) is 13.9. The van der Waals surface area contributed by atoms with Crippen molar-refractivity contribution in [3.8, 4) is 0 Å². The van der Waals surface area contributed by atoms with E-state index in [1.165, 1.54) is 13.8 Å². The van der Waals surface area contributed by atoms with Crippen molar-refractivity contribution in [3.63, 3.8) is 0 Å². The van der Waals surface area contributed by atoms with Gasteiger partial charge in [-0.15, -0.1) is 0 Å². The minimum absolute atomic E-state index is 0.0462. The number of aliphatic hydroxyl groups excluding tert-OH is 2. The molecule has 3 heterocycles. The smallest absolute Gasteiger partial charge is 0.309 e. The minimum Gasteiger partial charge on any atom is -0.458 e. The fourth-order valence-electron chi connectivity index (χ4n) is 11.8. The van der Waals surface area contributed by atoms with E-state index in [-0.39, 0.29) is 24.3 Å². The van der Waals surface area contributed by atoms with Gasteiger partial charge in [-0.05, 0) is 31.6 Å². The summed E-state index contributed by atoms with van der Waals surface area (Å²) >= 11 is 0. The van der Waals surface area contributed by atoms with Crippen LogP contribution in [0.1, 0.15) is 60.3 Å². The fourth-order valence-corrected chi connectivity index (χ4v) is 11.8. The summed E-state index contributed by atoms with van der Waals surface area (Å²) in [6, 6.07) is -0.679. The van der Waals surface area contributed by atoms with Crippen LogP contribution in [0.3, 0.4) is 0 Å². The van der Waals surface area contributed by atoms with Gasteiger partial charge in [-0.25, -0.2) is 0 Å². The van der Waals surface area contributed by atoms with Crippen molar-refractivity contribution in [2.75, 3.05) is 6.54 Å². The molecular formula is C29H39NO9. The van der Waals surface area contributed by atoms with E-state index in [9.17, 15) is 29.7 Å². The number of nitrogens with zero attached hydrogens (tertiary/aromatic N) is 1. The van der Waals surface area contributed by atoms with Crippen molar-refractivity contribution in [3.05, 3.63) is 12.2 Å². The van der Waals surface area contributed by atoms with Crippen LogP contribution in [0.15, 0.2) is 12.2 Å². The second-order valence-corrected chi connectivity index (χ2v) is 13.9. The summed E-state index contributed by atoms with van der Waals surface area (Å²) in [4.78, 5) is 40.7. The first-order valence-electron chi connectivity index (χ1n) is 14.3. The first-order valence-corrected chi connectivity index (χ1v) is 14.3.